The molecule has 0 radical (unpaired) electrons. The number of rotatable bonds is 8. The molecule has 0 heterocycles. The third-order valence-corrected chi connectivity index (χ3v) is 4.47. The van der Waals surface area contributed by atoms with Crippen LogP contribution in [0, 0.1) is 0 Å². The van der Waals surface area contributed by atoms with Gasteiger partial charge in [-0.05, 0) is 37.1 Å². The maximum Gasteiger partial charge on any atom is 0.240 e. The Labute approximate surface area is 119 Å². The number of unbranched alkanes of at least 4 members (excludes halogenated alkanes) is 3. The molecule has 0 fully saturated rings. The second-order valence-corrected chi connectivity index (χ2v) is 6.54. The van der Waals surface area contributed by atoms with Gasteiger partial charge < -0.3 is 0 Å². The Balaban J connectivity index is 2.38. The molecule has 1 N–H and O–H groups in total. The van der Waals surface area contributed by atoms with E-state index in [1.807, 2.05) is 0 Å². The molecule has 0 atom stereocenters. The standard InChI is InChI=1S/C12H17Cl2NO2S/c13-9-3-1-2-4-10-15-18(16,17)12-7-5-11(14)6-8-12/h5-8,15H,1-4,9-10H2. The van der Waals surface area contributed by atoms with Gasteiger partial charge in [-0.1, -0.05) is 24.4 Å². The van der Waals surface area contributed by atoms with Crippen LogP contribution < -0.4 is 4.72 Å². The van der Waals surface area contributed by atoms with Crippen LogP contribution in [-0.2, 0) is 10.0 Å². The highest BCUT2D eigenvalue weighted by atomic mass is 35.5. The molecular weight excluding hydrogens is 293 g/mol. The van der Waals surface area contributed by atoms with Crippen LogP contribution in [0.2, 0.25) is 5.02 Å². The summed E-state index contributed by atoms with van der Waals surface area (Å²) in [5.41, 5.74) is 0. The van der Waals surface area contributed by atoms with E-state index in [-0.39, 0.29) is 4.90 Å². The predicted octanol–water partition coefficient (Wildman–Crippen LogP) is 3.42. The summed E-state index contributed by atoms with van der Waals surface area (Å²) in [6.45, 7) is 0.452. The lowest BCUT2D eigenvalue weighted by molar-refractivity contribution is 0.574. The molecule has 0 aliphatic rings. The first kappa shape index (κ1) is 15.8. The molecule has 0 aliphatic carbocycles. The molecule has 1 rings (SSSR count). The molecule has 6 heteroatoms. The minimum atomic E-state index is -3.40. The number of benzene rings is 1. The Morgan fingerprint density at radius 1 is 1.00 bits per heavy atom. The van der Waals surface area contributed by atoms with Crippen molar-refractivity contribution in [1.82, 2.24) is 4.72 Å². The van der Waals surface area contributed by atoms with Crippen LogP contribution in [0.15, 0.2) is 29.2 Å². The lowest BCUT2D eigenvalue weighted by Gasteiger charge is -2.06. The van der Waals surface area contributed by atoms with Gasteiger partial charge in [0.2, 0.25) is 10.0 Å². The molecule has 0 amide bonds. The average Bonchev–Trinajstić information content (AvgIpc) is 2.34. The predicted molar refractivity (Wildman–Crippen MR) is 75.8 cm³/mol. The van der Waals surface area contributed by atoms with E-state index < -0.39 is 10.0 Å². The summed E-state index contributed by atoms with van der Waals surface area (Å²) in [5, 5.41) is 0.523. The number of alkyl halides is 1. The molecule has 0 saturated carbocycles. The molecule has 1 aromatic rings. The second-order valence-electron chi connectivity index (χ2n) is 3.95. The van der Waals surface area contributed by atoms with E-state index in [2.05, 4.69) is 4.72 Å². The van der Waals surface area contributed by atoms with E-state index in [1.165, 1.54) is 12.1 Å². The third-order valence-electron chi connectivity index (χ3n) is 2.48. The van der Waals surface area contributed by atoms with Gasteiger partial charge in [0.15, 0.2) is 0 Å². The minimum absolute atomic E-state index is 0.243. The van der Waals surface area contributed by atoms with Crippen LogP contribution in [0.3, 0.4) is 0 Å². The number of sulfonamides is 1. The summed E-state index contributed by atoms with van der Waals surface area (Å²) in [4.78, 5) is 0.243. The quantitative estimate of drug-likeness (QED) is 0.591. The van der Waals surface area contributed by atoms with Crippen molar-refractivity contribution in [3.05, 3.63) is 29.3 Å². The zero-order valence-electron chi connectivity index (χ0n) is 10.0. The normalized spacial score (nSPS) is 11.7. The zero-order chi connectivity index (χ0) is 13.4. The van der Waals surface area contributed by atoms with Gasteiger partial charge in [-0.15, -0.1) is 11.6 Å². The van der Waals surface area contributed by atoms with Gasteiger partial charge in [0, 0.05) is 17.4 Å². The second kappa shape index (κ2) is 8.00. The van der Waals surface area contributed by atoms with Gasteiger partial charge in [-0.2, -0.15) is 0 Å². The summed E-state index contributed by atoms with van der Waals surface area (Å²) in [7, 11) is -3.40. The third kappa shape index (κ3) is 5.57. The molecule has 1 aromatic carbocycles. The highest BCUT2D eigenvalue weighted by Gasteiger charge is 2.12. The van der Waals surface area contributed by atoms with E-state index >= 15 is 0 Å². The monoisotopic (exact) mass is 309 g/mol. The van der Waals surface area contributed by atoms with Crippen molar-refractivity contribution in [3.63, 3.8) is 0 Å². The molecule has 102 valence electrons. The topological polar surface area (TPSA) is 46.2 Å². The molecule has 18 heavy (non-hydrogen) atoms. The van der Waals surface area contributed by atoms with E-state index in [1.54, 1.807) is 12.1 Å². The fraction of sp³-hybridized carbons (Fsp3) is 0.500. The minimum Gasteiger partial charge on any atom is -0.211 e. The first-order chi connectivity index (χ1) is 8.56. The Hall–Kier alpha value is -0.290. The van der Waals surface area contributed by atoms with E-state index in [4.69, 9.17) is 23.2 Å². The van der Waals surface area contributed by atoms with Crippen molar-refractivity contribution < 1.29 is 8.42 Å². The summed E-state index contributed by atoms with van der Waals surface area (Å²) in [5.74, 6) is 0.663. The molecule has 0 spiro atoms. The van der Waals surface area contributed by atoms with Gasteiger partial charge in [0.05, 0.1) is 4.90 Å². The largest absolute Gasteiger partial charge is 0.240 e. The molecule has 0 aliphatic heterocycles. The fourth-order valence-electron chi connectivity index (χ4n) is 1.48. The van der Waals surface area contributed by atoms with Crippen LogP contribution in [-0.4, -0.2) is 20.8 Å². The summed E-state index contributed by atoms with van der Waals surface area (Å²) in [6.07, 6.45) is 3.82. The first-order valence-electron chi connectivity index (χ1n) is 5.87. The van der Waals surface area contributed by atoms with Crippen LogP contribution in [0.1, 0.15) is 25.7 Å². The van der Waals surface area contributed by atoms with Gasteiger partial charge in [0.25, 0.3) is 0 Å². The van der Waals surface area contributed by atoms with Gasteiger partial charge in [0.1, 0.15) is 0 Å². The number of hydrogen-bond acceptors (Lipinski definition) is 2. The summed E-state index contributed by atoms with van der Waals surface area (Å²) < 4.78 is 26.3. The van der Waals surface area contributed by atoms with Crippen molar-refractivity contribution in [3.8, 4) is 0 Å². The van der Waals surface area contributed by atoms with Crippen molar-refractivity contribution in [2.45, 2.75) is 30.6 Å². The van der Waals surface area contributed by atoms with Crippen LogP contribution >= 0.6 is 23.2 Å². The Morgan fingerprint density at radius 2 is 1.61 bits per heavy atom. The SMILES string of the molecule is O=S(=O)(NCCCCCCCl)c1ccc(Cl)cc1. The smallest absolute Gasteiger partial charge is 0.211 e. The van der Waals surface area contributed by atoms with Crippen molar-refractivity contribution in [2.75, 3.05) is 12.4 Å². The Bertz CT molecular complexity index is 446. The fourth-order valence-corrected chi connectivity index (χ4v) is 2.87. The van der Waals surface area contributed by atoms with Crippen LogP contribution in [0.4, 0.5) is 0 Å². The Morgan fingerprint density at radius 3 is 2.22 bits per heavy atom. The highest BCUT2D eigenvalue weighted by Crippen LogP contribution is 2.13. The van der Waals surface area contributed by atoms with E-state index in [0.717, 1.165) is 25.7 Å². The van der Waals surface area contributed by atoms with Gasteiger partial charge in [-0.25, -0.2) is 13.1 Å². The lowest BCUT2D eigenvalue weighted by Crippen LogP contribution is -2.24. The van der Waals surface area contributed by atoms with Crippen molar-refractivity contribution in [1.29, 1.82) is 0 Å². The number of halogens is 2. The molecule has 0 unspecified atom stereocenters. The van der Waals surface area contributed by atoms with Gasteiger partial charge in [-0.3, -0.25) is 0 Å². The zero-order valence-corrected chi connectivity index (χ0v) is 12.4. The summed E-state index contributed by atoms with van der Waals surface area (Å²) >= 11 is 11.3. The van der Waals surface area contributed by atoms with Crippen molar-refractivity contribution >= 4 is 33.2 Å². The molecule has 0 saturated heterocycles. The average molecular weight is 310 g/mol. The maximum absolute atomic E-state index is 11.9. The van der Waals surface area contributed by atoms with E-state index in [9.17, 15) is 8.42 Å². The molecule has 0 bridgehead atoms. The van der Waals surface area contributed by atoms with Crippen molar-refractivity contribution in [2.24, 2.45) is 0 Å². The molecule has 3 nitrogen and oxygen atoms in total. The lowest BCUT2D eigenvalue weighted by atomic mass is 10.2. The molecule has 0 aromatic heterocycles. The highest BCUT2D eigenvalue weighted by molar-refractivity contribution is 7.89. The van der Waals surface area contributed by atoms with Crippen LogP contribution in [0.25, 0.3) is 0 Å². The Kier molecular flexibility index (Phi) is 7.00. The number of hydrogen-bond donors (Lipinski definition) is 1. The number of nitrogens with one attached hydrogen (secondary N) is 1. The van der Waals surface area contributed by atoms with E-state index in [0.29, 0.717) is 17.4 Å². The maximum atomic E-state index is 11.9. The summed E-state index contributed by atoms with van der Waals surface area (Å²) in [6, 6.07) is 6.13. The van der Waals surface area contributed by atoms with Crippen LogP contribution in [0.5, 0.6) is 0 Å². The molecular formula is C12H17Cl2NO2S. The van der Waals surface area contributed by atoms with Gasteiger partial charge >= 0.3 is 0 Å². The first-order valence-corrected chi connectivity index (χ1v) is 8.27.